The van der Waals surface area contributed by atoms with Gasteiger partial charge in [0.1, 0.15) is 0 Å². The van der Waals surface area contributed by atoms with Crippen molar-refractivity contribution < 1.29 is 18.3 Å². The lowest BCUT2D eigenvalue weighted by Gasteiger charge is -2.34. The molecule has 2 aliphatic rings. The average Bonchev–Trinajstić information content (AvgIpc) is 3.06. The van der Waals surface area contributed by atoms with Crippen LogP contribution in [0.1, 0.15) is 45.1 Å². The molecule has 0 saturated carbocycles. The summed E-state index contributed by atoms with van der Waals surface area (Å²) in [5.74, 6) is -1.75. The minimum atomic E-state index is -0.826. The topological polar surface area (TPSA) is 29.5 Å². The summed E-state index contributed by atoms with van der Waals surface area (Å²) >= 11 is 0. The Kier molecular flexibility index (Phi) is 4.41. The highest BCUT2D eigenvalue weighted by Gasteiger charge is 2.59. The van der Waals surface area contributed by atoms with Gasteiger partial charge in [-0.3, -0.25) is 9.69 Å². The number of rotatable bonds is 5. The maximum atomic E-state index is 13.4. The summed E-state index contributed by atoms with van der Waals surface area (Å²) in [4.78, 5) is 14.8. The van der Waals surface area contributed by atoms with Crippen molar-refractivity contribution in [2.45, 2.75) is 58.2 Å². The molecule has 3 rings (SSSR count). The highest BCUT2D eigenvalue weighted by atomic mass is 19.2. The van der Waals surface area contributed by atoms with E-state index in [2.05, 4.69) is 4.90 Å². The number of halogens is 2. The van der Waals surface area contributed by atoms with Crippen LogP contribution in [-0.4, -0.2) is 29.6 Å². The second kappa shape index (κ2) is 6.19. The van der Waals surface area contributed by atoms with Gasteiger partial charge in [0.25, 0.3) is 0 Å². The number of hydrogen-bond acceptors (Lipinski definition) is 3. The van der Waals surface area contributed by atoms with Crippen molar-refractivity contribution in [2.24, 2.45) is 5.41 Å². The first-order valence-electron chi connectivity index (χ1n) is 8.38. The van der Waals surface area contributed by atoms with Crippen LogP contribution in [0.3, 0.4) is 0 Å². The molecule has 2 heterocycles. The summed E-state index contributed by atoms with van der Waals surface area (Å²) < 4.78 is 31.9. The van der Waals surface area contributed by atoms with Crippen LogP contribution in [0.5, 0.6) is 0 Å². The van der Waals surface area contributed by atoms with Gasteiger partial charge in [-0.1, -0.05) is 13.0 Å². The molecule has 126 valence electrons. The highest BCUT2D eigenvalue weighted by molar-refractivity contribution is 5.78. The monoisotopic (exact) mass is 323 g/mol. The van der Waals surface area contributed by atoms with Gasteiger partial charge in [-0.25, -0.2) is 8.78 Å². The summed E-state index contributed by atoms with van der Waals surface area (Å²) in [7, 11) is 0. The van der Waals surface area contributed by atoms with E-state index >= 15 is 0 Å². The molecule has 0 aliphatic carbocycles. The molecular formula is C18H23F2NO2. The van der Waals surface area contributed by atoms with Crippen molar-refractivity contribution in [3.8, 4) is 0 Å². The van der Waals surface area contributed by atoms with Gasteiger partial charge in [0.05, 0.1) is 12.0 Å². The van der Waals surface area contributed by atoms with Crippen molar-refractivity contribution in [3.63, 3.8) is 0 Å². The van der Waals surface area contributed by atoms with Gasteiger partial charge in [0.2, 0.25) is 0 Å². The largest absolute Gasteiger partial charge is 0.466 e. The van der Waals surface area contributed by atoms with Crippen LogP contribution < -0.4 is 0 Å². The Labute approximate surface area is 135 Å². The van der Waals surface area contributed by atoms with E-state index in [1.165, 1.54) is 12.1 Å². The lowest BCUT2D eigenvalue weighted by atomic mass is 9.72. The molecule has 0 spiro atoms. The zero-order valence-corrected chi connectivity index (χ0v) is 13.6. The Morgan fingerprint density at radius 1 is 1.30 bits per heavy atom. The zero-order valence-electron chi connectivity index (χ0n) is 13.6. The predicted octanol–water partition coefficient (Wildman–Crippen LogP) is 3.66. The Morgan fingerprint density at radius 2 is 2.09 bits per heavy atom. The summed E-state index contributed by atoms with van der Waals surface area (Å²) in [6.45, 7) is 4.80. The lowest BCUT2D eigenvalue weighted by molar-refractivity contribution is -0.157. The number of ether oxygens (including phenoxy) is 1. The van der Waals surface area contributed by atoms with Crippen molar-refractivity contribution in [1.82, 2.24) is 4.90 Å². The van der Waals surface area contributed by atoms with E-state index in [1.807, 2.05) is 13.8 Å². The molecule has 2 bridgehead atoms. The van der Waals surface area contributed by atoms with Crippen molar-refractivity contribution in [1.29, 1.82) is 0 Å². The van der Waals surface area contributed by atoms with E-state index in [0.717, 1.165) is 31.2 Å². The zero-order chi connectivity index (χ0) is 16.6. The van der Waals surface area contributed by atoms with Gasteiger partial charge in [0.15, 0.2) is 11.6 Å². The molecule has 0 unspecified atom stereocenters. The maximum absolute atomic E-state index is 13.4. The quantitative estimate of drug-likeness (QED) is 0.775. The minimum absolute atomic E-state index is 0.106. The molecule has 0 radical (unpaired) electrons. The van der Waals surface area contributed by atoms with E-state index in [1.54, 1.807) is 6.07 Å². The molecule has 23 heavy (non-hydrogen) atoms. The van der Waals surface area contributed by atoms with Crippen molar-refractivity contribution in [2.75, 3.05) is 6.61 Å². The Morgan fingerprint density at radius 3 is 2.74 bits per heavy atom. The fraction of sp³-hybridized carbons (Fsp3) is 0.611. The van der Waals surface area contributed by atoms with E-state index in [9.17, 15) is 13.6 Å². The standard InChI is InChI=1S/C18H23F2NO2/c1-3-18(17(22)23-4-2)10-13-6-8-16(18)21(13)11-12-5-7-14(19)15(20)9-12/h5,7,9,13,16H,3-4,6,8,10-11H2,1-2H3/t13-,16+,18+/m0/s1. The van der Waals surface area contributed by atoms with Gasteiger partial charge in [-0.2, -0.15) is 0 Å². The third-order valence-electron chi connectivity index (χ3n) is 5.54. The first kappa shape index (κ1) is 16.4. The normalized spacial score (nSPS) is 29.9. The Hall–Kier alpha value is -1.49. The van der Waals surface area contributed by atoms with Gasteiger partial charge >= 0.3 is 5.97 Å². The first-order valence-corrected chi connectivity index (χ1v) is 8.38. The second-order valence-corrected chi connectivity index (χ2v) is 6.60. The first-order chi connectivity index (χ1) is 11.0. The predicted molar refractivity (Wildman–Crippen MR) is 82.7 cm³/mol. The molecule has 0 N–H and O–H groups in total. The molecule has 1 aromatic carbocycles. The van der Waals surface area contributed by atoms with Crippen LogP contribution in [0.4, 0.5) is 8.78 Å². The number of carbonyl (C=O) groups is 1. The van der Waals surface area contributed by atoms with Crippen molar-refractivity contribution >= 4 is 5.97 Å². The fourth-order valence-corrected chi connectivity index (χ4v) is 4.41. The second-order valence-electron chi connectivity index (χ2n) is 6.60. The molecule has 1 aromatic rings. The molecule has 3 atom stereocenters. The average molecular weight is 323 g/mol. The molecule has 2 aliphatic heterocycles. The van der Waals surface area contributed by atoms with Gasteiger partial charge in [-0.05, 0) is 50.3 Å². The van der Waals surface area contributed by atoms with Gasteiger partial charge in [-0.15, -0.1) is 0 Å². The van der Waals surface area contributed by atoms with Crippen LogP contribution in [0.25, 0.3) is 0 Å². The Bertz CT molecular complexity index is 607. The van der Waals surface area contributed by atoms with Gasteiger partial charge in [0, 0.05) is 18.6 Å². The van der Waals surface area contributed by atoms with E-state index in [-0.39, 0.29) is 12.0 Å². The Balaban J connectivity index is 1.82. The maximum Gasteiger partial charge on any atom is 0.313 e. The SMILES string of the molecule is CCOC(=O)[C@]1(CC)C[C@@H]2CC[C@H]1N2Cc1ccc(F)c(F)c1. The van der Waals surface area contributed by atoms with Gasteiger partial charge < -0.3 is 4.74 Å². The van der Waals surface area contributed by atoms with Crippen LogP contribution in [0.15, 0.2) is 18.2 Å². The number of nitrogens with zero attached hydrogens (tertiary/aromatic N) is 1. The van der Waals surface area contributed by atoms with E-state index in [0.29, 0.717) is 19.2 Å². The number of benzene rings is 1. The van der Waals surface area contributed by atoms with Crippen LogP contribution >= 0.6 is 0 Å². The fourth-order valence-electron chi connectivity index (χ4n) is 4.41. The third-order valence-corrected chi connectivity index (χ3v) is 5.54. The smallest absolute Gasteiger partial charge is 0.313 e. The molecule has 3 nitrogen and oxygen atoms in total. The molecule has 2 saturated heterocycles. The summed E-state index contributed by atoms with van der Waals surface area (Å²) in [5, 5.41) is 0. The minimum Gasteiger partial charge on any atom is -0.466 e. The molecule has 0 amide bonds. The summed E-state index contributed by atoms with van der Waals surface area (Å²) in [6, 6.07) is 4.49. The number of carbonyl (C=O) groups excluding carboxylic acids is 1. The number of fused-ring (bicyclic) bond motifs is 2. The summed E-state index contributed by atoms with van der Waals surface area (Å²) in [5.41, 5.74) is 0.300. The third kappa shape index (κ3) is 2.65. The van der Waals surface area contributed by atoms with Crippen LogP contribution in [0.2, 0.25) is 0 Å². The molecule has 2 fully saturated rings. The molecule has 5 heteroatoms. The lowest BCUT2D eigenvalue weighted by Crippen LogP contribution is -2.43. The van der Waals surface area contributed by atoms with Crippen molar-refractivity contribution in [3.05, 3.63) is 35.4 Å². The van der Waals surface area contributed by atoms with E-state index in [4.69, 9.17) is 4.74 Å². The highest BCUT2D eigenvalue weighted by Crippen LogP contribution is 2.52. The summed E-state index contributed by atoms with van der Waals surface area (Å²) in [6.07, 6.45) is 3.56. The van der Waals surface area contributed by atoms with Crippen LogP contribution in [-0.2, 0) is 16.1 Å². The molecular weight excluding hydrogens is 300 g/mol. The number of hydrogen-bond donors (Lipinski definition) is 0. The molecule has 0 aromatic heterocycles. The van der Waals surface area contributed by atoms with Crippen LogP contribution in [0, 0.1) is 17.0 Å². The number of esters is 1. The van der Waals surface area contributed by atoms with E-state index < -0.39 is 17.0 Å².